The maximum Gasteiger partial charge on any atom is 0.271 e. The Hall–Kier alpha value is -3.39. The first kappa shape index (κ1) is 17.4. The fraction of sp³-hybridized carbons (Fsp3) is 0. The van der Waals surface area contributed by atoms with Gasteiger partial charge in [0.2, 0.25) is 0 Å². The largest absolute Gasteiger partial charge is 0.463 e. The van der Waals surface area contributed by atoms with Crippen molar-refractivity contribution in [2.24, 2.45) is 5.10 Å². The summed E-state index contributed by atoms with van der Waals surface area (Å²) in [5, 5.41) is 3.78. The van der Waals surface area contributed by atoms with Gasteiger partial charge in [0.05, 0.1) is 17.4 Å². The quantitative estimate of drug-likeness (QED) is 0.515. The molecule has 0 aliphatic carbocycles. The molecule has 8 heteroatoms. The summed E-state index contributed by atoms with van der Waals surface area (Å²) in [5.41, 5.74) is 3.05. The lowest BCUT2D eigenvalue weighted by molar-refractivity contribution is 0.0955. The minimum Gasteiger partial charge on any atom is -0.463 e. The lowest BCUT2D eigenvalue weighted by atomic mass is 10.2. The van der Waals surface area contributed by atoms with E-state index in [9.17, 15) is 13.2 Å². The van der Waals surface area contributed by atoms with Crippen LogP contribution in [0.3, 0.4) is 0 Å². The molecule has 2 aromatic carbocycles. The number of hydrazone groups is 1. The van der Waals surface area contributed by atoms with Gasteiger partial charge in [0, 0.05) is 11.3 Å². The highest BCUT2D eigenvalue weighted by Gasteiger charge is 2.13. The summed E-state index contributed by atoms with van der Waals surface area (Å²) in [7, 11) is -3.67. The van der Waals surface area contributed by atoms with Gasteiger partial charge in [-0.2, -0.15) is 5.10 Å². The normalized spacial score (nSPS) is 11.4. The predicted octanol–water partition coefficient (Wildman–Crippen LogP) is 2.84. The van der Waals surface area contributed by atoms with Crippen molar-refractivity contribution in [1.29, 1.82) is 0 Å². The SMILES string of the molecule is O=C(N/N=C/c1ccco1)c1ccc(NS(=O)(=O)c2ccccc2)cc1. The van der Waals surface area contributed by atoms with Crippen LogP contribution in [0, 0.1) is 0 Å². The Balaban J connectivity index is 1.64. The molecule has 0 bridgehead atoms. The van der Waals surface area contributed by atoms with Crippen LogP contribution in [0.2, 0.25) is 0 Å². The number of nitrogens with one attached hydrogen (secondary N) is 2. The Labute approximate surface area is 150 Å². The zero-order valence-corrected chi connectivity index (χ0v) is 14.3. The molecule has 132 valence electrons. The molecule has 1 aromatic heterocycles. The van der Waals surface area contributed by atoms with Gasteiger partial charge in [-0.25, -0.2) is 13.8 Å². The topological polar surface area (TPSA) is 101 Å². The maximum atomic E-state index is 12.3. The lowest BCUT2D eigenvalue weighted by Gasteiger charge is -2.08. The zero-order chi connectivity index (χ0) is 18.4. The standard InChI is InChI=1S/C18H15N3O4S/c22-18(20-19-13-16-5-4-12-25-16)14-8-10-15(11-9-14)21-26(23,24)17-6-2-1-3-7-17/h1-13,21H,(H,20,22)/b19-13+. The van der Waals surface area contributed by atoms with E-state index < -0.39 is 15.9 Å². The average Bonchev–Trinajstić information content (AvgIpc) is 3.16. The second-order valence-electron chi connectivity index (χ2n) is 5.21. The first-order chi connectivity index (χ1) is 12.5. The van der Waals surface area contributed by atoms with Crippen LogP contribution in [0.1, 0.15) is 16.1 Å². The molecule has 3 aromatic rings. The van der Waals surface area contributed by atoms with Gasteiger partial charge in [0.1, 0.15) is 5.76 Å². The van der Waals surface area contributed by atoms with Crippen LogP contribution in [0.15, 0.2) is 87.4 Å². The third kappa shape index (κ3) is 4.37. The van der Waals surface area contributed by atoms with E-state index in [1.54, 1.807) is 30.3 Å². The summed E-state index contributed by atoms with van der Waals surface area (Å²) in [5.74, 6) is 0.0845. The summed E-state index contributed by atoms with van der Waals surface area (Å²) in [6.45, 7) is 0. The summed E-state index contributed by atoms with van der Waals surface area (Å²) in [4.78, 5) is 12.2. The van der Waals surface area contributed by atoms with Crippen molar-refractivity contribution in [2.45, 2.75) is 4.90 Å². The molecule has 0 aliphatic heterocycles. The third-order valence-corrected chi connectivity index (χ3v) is 4.75. The molecule has 0 aliphatic rings. The highest BCUT2D eigenvalue weighted by atomic mass is 32.2. The second kappa shape index (κ2) is 7.66. The number of nitrogens with zero attached hydrogens (tertiary/aromatic N) is 1. The number of carbonyl (C=O) groups excluding carboxylic acids is 1. The van der Waals surface area contributed by atoms with Gasteiger partial charge in [-0.15, -0.1) is 0 Å². The summed E-state index contributed by atoms with van der Waals surface area (Å²) in [6, 6.07) is 17.4. The number of furan rings is 1. The Bertz CT molecular complexity index is 996. The second-order valence-corrected chi connectivity index (χ2v) is 6.89. The molecule has 0 spiro atoms. The molecule has 0 saturated heterocycles. The first-order valence-electron chi connectivity index (χ1n) is 7.59. The van der Waals surface area contributed by atoms with Crippen LogP contribution in [-0.4, -0.2) is 20.5 Å². The van der Waals surface area contributed by atoms with Crippen molar-refractivity contribution >= 4 is 27.8 Å². The summed E-state index contributed by atoms with van der Waals surface area (Å²) < 4.78 is 32.0. The van der Waals surface area contributed by atoms with E-state index >= 15 is 0 Å². The van der Waals surface area contributed by atoms with E-state index in [0.29, 0.717) is 17.0 Å². The molecule has 0 atom stereocenters. The van der Waals surface area contributed by atoms with Gasteiger partial charge in [-0.1, -0.05) is 18.2 Å². The van der Waals surface area contributed by atoms with Crippen molar-refractivity contribution in [2.75, 3.05) is 4.72 Å². The van der Waals surface area contributed by atoms with Crippen LogP contribution in [0.5, 0.6) is 0 Å². The van der Waals surface area contributed by atoms with Crippen LogP contribution >= 0.6 is 0 Å². The van der Waals surface area contributed by atoms with Crippen LogP contribution in [-0.2, 0) is 10.0 Å². The number of amides is 1. The minimum atomic E-state index is -3.67. The molecule has 0 radical (unpaired) electrons. The zero-order valence-electron chi connectivity index (χ0n) is 13.5. The van der Waals surface area contributed by atoms with E-state index in [2.05, 4.69) is 15.2 Å². The predicted molar refractivity (Wildman–Crippen MR) is 97.5 cm³/mol. The van der Waals surface area contributed by atoms with E-state index in [0.717, 1.165) is 0 Å². The molecule has 0 saturated carbocycles. The highest BCUT2D eigenvalue weighted by Crippen LogP contribution is 2.16. The molecule has 1 heterocycles. The Morgan fingerprint density at radius 1 is 0.962 bits per heavy atom. The lowest BCUT2D eigenvalue weighted by Crippen LogP contribution is -2.18. The molecule has 0 unspecified atom stereocenters. The summed E-state index contributed by atoms with van der Waals surface area (Å²) >= 11 is 0. The van der Waals surface area contributed by atoms with E-state index in [4.69, 9.17) is 4.42 Å². The third-order valence-electron chi connectivity index (χ3n) is 3.35. The number of rotatable bonds is 6. The molecule has 26 heavy (non-hydrogen) atoms. The highest BCUT2D eigenvalue weighted by molar-refractivity contribution is 7.92. The smallest absolute Gasteiger partial charge is 0.271 e. The van der Waals surface area contributed by atoms with Gasteiger partial charge < -0.3 is 4.42 Å². The molecule has 0 fully saturated rings. The van der Waals surface area contributed by atoms with Crippen LogP contribution < -0.4 is 10.1 Å². The van der Waals surface area contributed by atoms with E-state index in [1.165, 1.54) is 48.9 Å². The molecule has 3 rings (SSSR count). The molecular formula is C18H15N3O4S. The Morgan fingerprint density at radius 2 is 1.69 bits per heavy atom. The number of hydrogen-bond acceptors (Lipinski definition) is 5. The first-order valence-corrected chi connectivity index (χ1v) is 9.08. The maximum absolute atomic E-state index is 12.3. The molecule has 7 nitrogen and oxygen atoms in total. The van der Waals surface area contributed by atoms with Crippen molar-refractivity contribution in [3.63, 3.8) is 0 Å². The number of hydrogen-bond donors (Lipinski definition) is 2. The molecular weight excluding hydrogens is 354 g/mol. The van der Waals surface area contributed by atoms with E-state index in [1.807, 2.05) is 0 Å². The average molecular weight is 369 g/mol. The van der Waals surface area contributed by atoms with Crippen molar-refractivity contribution in [3.05, 3.63) is 84.3 Å². The van der Waals surface area contributed by atoms with Crippen molar-refractivity contribution in [1.82, 2.24) is 5.43 Å². The number of carbonyl (C=O) groups is 1. The van der Waals surface area contributed by atoms with Crippen molar-refractivity contribution < 1.29 is 17.6 Å². The van der Waals surface area contributed by atoms with Gasteiger partial charge in [-0.3, -0.25) is 9.52 Å². The van der Waals surface area contributed by atoms with Gasteiger partial charge in [-0.05, 0) is 48.5 Å². The van der Waals surface area contributed by atoms with Crippen LogP contribution in [0.25, 0.3) is 0 Å². The fourth-order valence-electron chi connectivity index (χ4n) is 2.09. The number of sulfonamides is 1. The van der Waals surface area contributed by atoms with Crippen molar-refractivity contribution in [3.8, 4) is 0 Å². The minimum absolute atomic E-state index is 0.161. The molecule has 1 amide bonds. The van der Waals surface area contributed by atoms with Crippen LogP contribution in [0.4, 0.5) is 5.69 Å². The van der Waals surface area contributed by atoms with E-state index in [-0.39, 0.29) is 4.90 Å². The van der Waals surface area contributed by atoms with Gasteiger partial charge in [0.25, 0.3) is 15.9 Å². The Kier molecular flexibility index (Phi) is 5.14. The van der Waals surface area contributed by atoms with Gasteiger partial charge in [0.15, 0.2) is 0 Å². The number of anilines is 1. The fourth-order valence-corrected chi connectivity index (χ4v) is 3.17. The van der Waals surface area contributed by atoms with Gasteiger partial charge >= 0.3 is 0 Å². The summed E-state index contributed by atoms with van der Waals surface area (Å²) in [6.07, 6.45) is 2.87. The Morgan fingerprint density at radius 3 is 2.35 bits per heavy atom. The monoisotopic (exact) mass is 369 g/mol. The number of benzene rings is 2. The molecule has 2 N–H and O–H groups in total.